The Bertz CT molecular complexity index is 5890. The van der Waals surface area contributed by atoms with Crippen molar-refractivity contribution in [3.63, 3.8) is 0 Å². The first-order chi connectivity index (χ1) is 61.4. The number of sulfone groups is 4. The first-order valence-corrected chi connectivity index (χ1v) is 48.7. The number of anilines is 4. The van der Waals surface area contributed by atoms with Gasteiger partial charge >= 0.3 is 24.7 Å². The summed E-state index contributed by atoms with van der Waals surface area (Å²) in [5.41, 5.74) is 7.06. The highest BCUT2D eigenvalue weighted by atomic mass is 32.2. The van der Waals surface area contributed by atoms with Crippen LogP contribution in [-0.4, -0.2) is 167 Å². The van der Waals surface area contributed by atoms with Gasteiger partial charge in [-0.15, -0.1) is 0 Å². The molecular weight excluding hydrogens is 1790 g/mol. The monoisotopic (exact) mass is 1880 g/mol. The van der Waals surface area contributed by atoms with E-state index < -0.39 is 86.7 Å². The predicted octanol–water partition coefficient (Wildman–Crippen LogP) is 18.7. The molecule has 0 N–H and O–H groups in total. The van der Waals surface area contributed by atoms with Gasteiger partial charge in [-0.05, 0) is 144 Å². The van der Waals surface area contributed by atoms with Crippen LogP contribution in [0.2, 0.25) is 0 Å². The van der Waals surface area contributed by atoms with E-state index in [2.05, 4.69) is 49.2 Å². The van der Waals surface area contributed by atoms with Crippen molar-refractivity contribution in [1.29, 1.82) is 0 Å². The van der Waals surface area contributed by atoms with Gasteiger partial charge in [0.1, 0.15) is 11.5 Å². The molecule has 0 radical (unpaired) electrons. The molecule has 4 fully saturated rings. The molecule has 8 aromatic carbocycles. The number of furan rings is 2. The fourth-order valence-corrected chi connectivity index (χ4v) is 18.6. The van der Waals surface area contributed by atoms with Gasteiger partial charge in [0.05, 0.1) is 79.4 Å². The summed E-state index contributed by atoms with van der Waals surface area (Å²) in [6, 6.07) is 76.0. The van der Waals surface area contributed by atoms with Crippen molar-refractivity contribution in [1.82, 2.24) is 29.6 Å². The van der Waals surface area contributed by atoms with Crippen LogP contribution in [-0.2, 0) is 90.2 Å². The van der Waals surface area contributed by atoms with Crippen LogP contribution in [0.3, 0.4) is 0 Å². The molecule has 688 valence electrons. The number of piperazine rings is 4. The summed E-state index contributed by atoms with van der Waals surface area (Å²) in [6.45, 7) is 8.58. The Labute approximate surface area is 747 Å². The van der Waals surface area contributed by atoms with Crippen molar-refractivity contribution >= 4 is 62.1 Å². The molecule has 0 bridgehead atoms. The van der Waals surface area contributed by atoms with Crippen molar-refractivity contribution in [2.24, 2.45) is 0 Å². The maximum atomic E-state index is 12.9. The molecule has 0 saturated carbocycles. The lowest BCUT2D eigenvalue weighted by atomic mass is 10.0. The Balaban J connectivity index is 0.000000148. The van der Waals surface area contributed by atoms with Gasteiger partial charge in [-0.25, -0.2) is 33.7 Å². The zero-order chi connectivity index (χ0) is 93.1. The lowest BCUT2D eigenvalue weighted by Crippen LogP contribution is -2.48. The van der Waals surface area contributed by atoms with E-state index in [-0.39, 0.29) is 68.4 Å². The van der Waals surface area contributed by atoms with Crippen LogP contribution in [0.25, 0.3) is 0 Å². The molecule has 20 nitrogen and oxygen atoms in total. The molecule has 16 rings (SSSR count). The molecule has 0 unspecified atom stereocenters. The molecule has 4 aromatic heterocycles. The average molecular weight is 1880 g/mol. The van der Waals surface area contributed by atoms with Crippen LogP contribution in [0.15, 0.2) is 308 Å². The summed E-state index contributed by atoms with van der Waals surface area (Å²) >= 11 is 0. The molecule has 4 atom stereocenters. The number of hydrogen-bond acceptors (Lipinski definition) is 20. The molecule has 130 heavy (non-hydrogen) atoms. The Kier molecular flexibility index (Phi) is 30.0. The fraction of sp³-hybridized carbons (Fsp3) is 0.298. The minimum Gasteiger partial charge on any atom is -0.455 e. The smallest absolute Gasteiger partial charge is 0.449 e. The highest BCUT2D eigenvalue weighted by Gasteiger charge is 2.40. The maximum Gasteiger partial charge on any atom is 0.449 e. The van der Waals surface area contributed by atoms with Gasteiger partial charge in [0.2, 0.25) is 11.5 Å². The molecule has 12 aromatic rings. The van der Waals surface area contributed by atoms with Crippen LogP contribution in [0.1, 0.15) is 92.0 Å². The molecule has 36 heteroatoms. The van der Waals surface area contributed by atoms with E-state index in [4.69, 9.17) is 8.83 Å². The molecule has 4 aliphatic heterocycles. The predicted molar refractivity (Wildman–Crippen MR) is 471 cm³/mol. The molecule has 0 aliphatic carbocycles. The third-order valence-corrected chi connectivity index (χ3v) is 27.2. The summed E-state index contributed by atoms with van der Waals surface area (Å²) in [4.78, 5) is 26.2. The van der Waals surface area contributed by atoms with E-state index >= 15 is 0 Å². The van der Waals surface area contributed by atoms with Gasteiger partial charge in [0.25, 0.3) is 0 Å². The van der Waals surface area contributed by atoms with E-state index in [1.807, 2.05) is 146 Å². The van der Waals surface area contributed by atoms with Crippen molar-refractivity contribution in [3.05, 3.63) is 347 Å². The minimum absolute atomic E-state index is 0.0362. The van der Waals surface area contributed by atoms with Crippen molar-refractivity contribution < 1.29 is 95.2 Å². The minimum atomic E-state index is -4.51. The molecular formula is C94H94F12N10O10S4. The van der Waals surface area contributed by atoms with Crippen molar-refractivity contribution in [3.8, 4) is 0 Å². The largest absolute Gasteiger partial charge is 0.455 e. The number of benzene rings is 8. The fourth-order valence-electron chi connectivity index (χ4n) is 16.0. The summed E-state index contributed by atoms with van der Waals surface area (Å²) in [7, 11) is -13.3. The Morgan fingerprint density at radius 1 is 0.285 bits per heavy atom. The van der Waals surface area contributed by atoms with Gasteiger partial charge < -0.3 is 28.4 Å². The molecule has 0 spiro atoms. The second kappa shape index (κ2) is 40.5. The summed E-state index contributed by atoms with van der Waals surface area (Å²) < 4.78 is 261. The van der Waals surface area contributed by atoms with Gasteiger partial charge in [-0.2, -0.15) is 52.7 Å². The normalized spacial score (nSPS) is 18.0. The van der Waals surface area contributed by atoms with E-state index in [9.17, 15) is 86.4 Å². The lowest BCUT2D eigenvalue weighted by Gasteiger charge is -2.42. The summed E-state index contributed by atoms with van der Waals surface area (Å²) in [5, 5.41) is 0. The molecule has 4 saturated heterocycles. The number of nitrogens with zero attached hydrogens (tertiary/aromatic N) is 10. The Morgan fingerprint density at radius 3 is 0.738 bits per heavy atom. The second-order valence-electron chi connectivity index (χ2n) is 32.0. The number of aromatic nitrogens is 2. The maximum absolute atomic E-state index is 12.9. The number of hydrogen-bond donors (Lipinski definition) is 0. The van der Waals surface area contributed by atoms with E-state index in [1.54, 1.807) is 72.8 Å². The van der Waals surface area contributed by atoms with Gasteiger partial charge in [-0.3, -0.25) is 29.6 Å². The van der Waals surface area contributed by atoms with Crippen LogP contribution in [0, 0.1) is 0 Å². The number of pyridine rings is 2. The van der Waals surface area contributed by atoms with Crippen LogP contribution in [0.4, 0.5) is 75.4 Å². The van der Waals surface area contributed by atoms with Gasteiger partial charge in [0, 0.05) is 152 Å². The number of rotatable bonds is 20. The number of halogens is 12. The highest BCUT2D eigenvalue weighted by molar-refractivity contribution is 7.91. The van der Waals surface area contributed by atoms with Crippen LogP contribution < -0.4 is 19.6 Å². The zero-order valence-electron chi connectivity index (χ0n) is 70.9. The quantitative estimate of drug-likeness (QED) is 0.0648. The van der Waals surface area contributed by atoms with Crippen molar-refractivity contribution in [2.75, 3.05) is 123 Å². The van der Waals surface area contributed by atoms with E-state index in [0.29, 0.717) is 103 Å². The third-order valence-electron chi connectivity index (χ3n) is 22.8. The Hall–Kier alpha value is -11.4. The van der Waals surface area contributed by atoms with Crippen molar-refractivity contribution in [2.45, 2.75) is 94.6 Å². The summed E-state index contributed by atoms with van der Waals surface area (Å²) in [5.74, 6) is -1.49. The first-order valence-electron chi connectivity index (χ1n) is 41.2. The average Bonchev–Trinajstić information content (AvgIpc) is 0.850. The van der Waals surface area contributed by atoms with Gasteiger partial charge in [-0.1, -0.05) is 146 Å². The van der Waals surface area contributed by atoms with Gasteiger partial charge in [0.15, 0.2) is 39.3 Å². The second-order valence-corrected chi connectivity index (χ2v) is 40.1. The first kappa shape index (κ1) is 96.2. The van der Waals surface area contributed by atoms with Crippen LogP contribution >= 0.6 is 0 Å². The molecule has 4 aliphatic rings. The standard InChI is InChI=1S/2C24H24F3N3O2S.2C23H23F3N2O3S/c2*1-33(31,32)22-9-5-8-21(14-22)29-12-13-30(23(17-29)18-6-3-2-4-7-18)16-20-11-10-19(15-28-20)24(25,26)27;2*1-32(29,30)20-9-5-8-18(14-20)27-12-13-28(21(16-27)17-6-3-2-4-7-17)15-19-10-11-22(31-19)23(24,25)26/h2*2-11,14-15,23H,12-13,16-17H2,1H3;2*2-11,14,21H,12-13,15-16H2,1H3/t2*23-;2*21-/m1010/s1. The lowest BCUT2D eigenvalue weighted by molar-refractivity contribution is -0.154. The molecule has 8 heterocycles. The highest BCUT2D eigenvalue weighted by Crippen LogP contribution is 2.40. The topological polar surface area (TPSA) is 215 Å². The van der Waals surface area contributed by atoms with E-state index in [0.717, 1.165) is 81.7 Å². The molecule has 0 amide bonds. The number of alkyl halides is 12. The summed E-state index contributed by atoms with van der Waals surface area (Å²) in [6.07, 6.45) is -11.4. The van der Waals surface area contributed by atoms with Crippen LogP contribution in [0.5, 0.6) is 0 Å². The third kappa shape index (κ3) is 25.6. The zero-order valence-corrected chi connectivity index (χ0v) is 74.2. The Morgan fingerprint density at radius 2 is 0.531 bits per heavy atom. The van der Waals surface area contributed by atoms with E-state index in [1.165, 1.54) is 49.3 Å². The SMILES string of the molecule is CS(=O)(=O)c1cccc(N2CCN(Cc3ccc(C(F)(F)F)cn3)[C@@H](c3ccccc3)C2)c1.CS(=O)(=O)c1cccc(N2CCN(Cc3ccc(C(F)(F)F)cn3)[C@H](c3ccccc3)C2)c1.CS(=O)(=O)c1cccc(N2CCN(Cc3ccc(C(F)(F)F)o3)[C@@H](c3ccccc3)C2)c1.CS(=O)(=O)c1cccc(N2CCN(Cc3ccc(C(F)(F)F)o3)[C@H](c3ccccc3)C2)c1.